The van der Waals surface area contributed by atoms with Crippen molar-refractivity contribution in [3.05, 3.63) is 46.2 Å². The number of benzene rings is 1. The van der Waals surface area contributed by atoms with Gasteiger partial charge in [0.05, 0.1) is 11.6 Å². The van der Waals surface area contributed by atoms with Gasteiger partial charge in [-0.1, -0.05) is 12.1 Å². The van der Waals surface area contributed by atoms with Crippen LogP contribution in [0.3, 0.4) is 0 Å². The fraction of sp³-hybridized carbons (Fsp3) is 0.214. The van der Waals surface area contributed by atoms with Crippen molar-refractivity contribution in [2.75, 3.05) is 5.32 Å². The molecule has 0 saturated heterocycles. The first-order valence-corrected chi connectivity index (χ1v) is 7.17. The second kappa shape index (κ2) is 5.42. The third kappa shape index (κ3) is 2.70. The minimum absolute atomic E-state index is 0.714. The number of anilines is 1. The molecule has 3 rings (SSSR count). The summed E-state index contributed by atoms with van der Waals surface area (Å²) >= 11 is 1.70. The molecule has 0 fully saturated rings. The van der Waals surface area contributed by atoms with Crippen LogP contribution in [-0.2, 0) is 6.54 Å². The Morgan fingerprint density at radius 3 is 2.80 bits per heavy atom. The van der Waals surface area contributed by atoms with Crippen LogP contribution in [0.1, 0.15) is 15.7 Å². The van der Waals surface area contributed by atoms with Gasteiger partial charge in [-0.3, -0.25) is 5.10 Å². The summed E-state index contributed by atoms with van der Waals surface area (Å²) in [4.78, 5) is 9.86. The van der Waals surface area contributed by atoms with Crippen molar-refractivity contribution < 1.29 is 0 Å². The summed E-state index contributed by atoms with van der Waals surface area (Å²) in [7, 11) is 0. The Labute approximate surface area is 121 Å². The predicted octanol–water partition coefficient (Wildman–Crippen LogP) is 3.16. The van der Waals surface area contributed by atoms with E-state index in [2.05, 4.69) is 25.5 Å². The lowest BCUT2D eigenvalue weighted by molar-refractivity contribution is 1.04. The largest absolute Gasteiger partial charge is 0.379 e. The zero-order valence-electron chi connectivity index (χ0n) is 11.3. The van der Waals surface area contributed by atoms with Crippen molar-refractivity contribution >= 4 is 17.0 Å². The second-order valence-electron chi connectivity index (χ2n) is 4.49. The monoisotopic (exact) mass is 285 g/mol. The Kier molecular flexibility index (Phi) is 3.47. The number of aromatic nitrogens is 4. The highest BCUT2D eigenvalue weighted by Gasteiger charge is 2.09. The summed E-state index contributed by atoms with van der Waals surface area (Å²) < 4.78 is 0. The molecule has 0 aliphatic carbocycles. The quantitative estimate of drug-likeness (QED) is 0.772. The van der Waals surface area contributed by atoms with Gasteiger partial charge in [0.2, 0.25) is 0 Å². The molecule has 6 heteroatoms. The average molecular weight is 285 g/mol. The zero-order chi connectivity index (χ0) is 13.9. The highest BCUT2D eigenvalue weighted by atomic mass is 32.1. The third-order valence-corrected chi connectivity index (χ3v) is 3.80. The minimum atomic E-state index is 0.714. The van der Waals surface area contributed by atoms with E-state index in [0.717, 1.165) is 28.6 Å². The van der Waals surface area contributed by atoms with Crippen LogP contribution in [0.15, 0.2) is 30.5 Å². The Morgan fingerprint density at radius 1 is 1.25 bits per heavy atom. The molecule has 20 heavy (non-hydrogen) atoms. The van der Waals surface area contributed by atoms with Gasteiger partial charge >= 0.3 is 0 Å². The van der Waals surface area contributed by atoms with E-state index in [0.29, 0.717) is 5.82 Å². The second-order valence-corrected chi connectivity index (χ2v) is 5.81. The lowest BCUT2D eigenvalue weighted by Gasteiger charge is -2.08. The van der Waals surface area contributed by atoms with Crippen LogP contribution in [0.2, 0.25) is 0 Å². The average Bonchev–Trinajstić information content (AvgIpc) is 3.06. The fourth-order valence-corrected chi connectivity index (χ4v) is 2.70. The van der Waals surface area contributed by atoms with Gasteiger partial charge in [-0.25, -0.2) is 9.97 Å². The van der Waals surface area contributed by atoms with E-state index in [1.165, 1.54) is 4.88 Å². The summed E-state index contributed by atoms with van der Waals surface area (Å²) in [6, 6.07) is 8.05. The topological polar surface area (TPSA) is 66.5 Å². The van der Waals surface area contributed by atoms with E-state index in [1.54, 1.807) is 11.3 Å². The van der Waals surface area contributed by atoms with E-state index in [9.17, 15) is 0 Å². The standard InChI is InChI=1S/C14H15N5S/c1-9-17-14(19-18-9)12-5-3-4-6-13(12)16-8-11-7-15-10(2)20-11/h3-7,16H,8H2,1-2H3,(H,17,18,19). The number of thiazole rings is 1. The smallest absolute Gasteiger partial charge is 0.183 e. The number of aryl methyl sites for hydroxylation is 2. The van der Waals surface area contributed by atoms with Crippen molar-refractivity contribution in [1.82, 2.24) is 20.2 Å². The molecule has 5 nitrogen and oxygen atoms in total. The number of hydrogen-bond donors (Lipinski definition) is 2. The summed E-state index contributed by atoms with van der Waals surface area (Å²) in [5.74, 6) is 1.53. The number of rotatable bonds is 4. The maximum Gasteiger partial charge on any atom is 0.183 e. The molecule has 102 valence electrons. The molecule has 0 radical (unpaired) electrons. The Morgan fingerprint density at radius 2 is 2.10 bits per heavy atom. The molecule has 0 atom stereocenters. The van der Waals surface area contributed by atoms with Gasteiger partial charge in [0.25, 0.3) is 0 Å². The molecule has 0 spiro atoms. The Balaban J connectivity index is 1.83. The van der Waals surface area contributed by atoms with E-state index in [1.807, 2.05) is 44.3 Å². The molecule has 0 aliphatic heterocycles. The van der Waals surface area contributed by atoms with Crippen LogP contribution in [0.25, 0.3) is 11.4 Å². The van der Waals surface area contributed by atoms with Crippen LogP contribution >= 0.6 is 11.3 Å². The van der Waals surface area contributed by atoms with Crippen molar-refractivity contribution in [2.45, 2.75) is 20.4 Å². The van der Waals surface area contributed by atoms with Crippen LogP contribution in [0.4, 0.5) is 5.69 Å². The number of para-hydroxylation sites is 1. The maximum atomic E-state index is 4.38. The number of nitrogens with zero attached hydrogens (tertiary/aromatic N) is 3. The SMILES string of the molecule is Cc1nc(-c2ccccc2NCc2cnc(C)s2)n[nH]1. The number of aromatic amines is 1. The van der Waals surface area contributed by atoms with Gasteiger partial charge in [0.15, 0.2) is 5.82 Å². The van der Waals surface area contributed by atoms with Gasteiger partial charge in [0.1, 0.15) is 5.82 Å². The minimum Gasteiger partial charge on any atom is -0.379 e. The van der Waals surface area contributed by atoms with Gasteiger partial charge in [-0.2, -0.15) is 5.10 Å². The molecule has 1 aromatic carbocycles. The first kappa shape index (κ1) is 12.8. The summed E-state index contributed by atoms with van der Waals surface area (Å²) in [6.45, 7) is 4.66. The number of H-pyrrole nitrogens is 1. The highest BCUT2D eigenvalue weighted by Crippen LogP contribution is 2.25. The van der Waals surface area contributed by atoms with Gasteiger partial charge in [-0.15, -0.1) is 11.3 Å². The first-order valence-electron chi connectivity index (χ1n) is 6.36. The Bertz CT molecular complexity index is 716. The fourth-order valence-electron chi connectivity index (χ4n) is 1.96. The molecule has 0 unspecified atom stereocenters. The van der Waals surface area contributed by atoms with Crippen molar-refractivity contribution in [3.8, 4) is 11.4 Å². The van der Waals surface area contributed by atoms with Gasteiger partial charge in [0, 0.05) is 22.3 Å². The Hall–Kier alpha value is -2.21. The van der Waals surface area contributed by atoms with E-state index in [4.69, 9.17) is 0 Å². The molecule has 0 amide bonds. The molecule has 0 aliphatic rings. The summed E-state index contributed by atoms with van der Waals surface area (Å²) in [5, 5.41) is 11.6. The lowest BCUT2D eigenvalue weighted by Crippen LogP contribution is -1.99. The molecule has 0 bridgehead atoms. The van der Waals surface area contributed by atoms with Crippen molar-refractivity contribution in [2.24, 2.45) is 0 Å². The highest BCUT2D eigenvalue weighted by molar-refractivity contribution is 7.11. The predicted molar refractivity (Wildman–Crippen MR) is 80.7 cm³/mol. The molecule has 2 heterocycles. The third-order valence-electron chi connectivity index (χ3n) is 2.89. The summed E-state index contributed by atoms with van der Waals surface area (Å²) in [5.41, 5.74) is 2.02. The molecule has 2 aromatic heterocycles. The molecular formula is C14H15N5S. The van der Waals surface area contributed by atoms with Crippen LogP contribution < -0.4 is 5.32 Å². The van der Waals surface area contributed by atoms with Gasteiger partial charge < -0.3 is 5.32 Å². The van der Waals surface area contributed by atoms with Crippen LogP contribution in [-0.4, -0.2) is 20.2 Å². The van der Waals surface area contributed by atoms with Crippen LogP contribution in [0.5, 0.6) is 0 Å². The molecule has 2 N–H and O–H groups in total. The van der Waals surface area contributed by atoms with Crippen molar-refractivity contribution in [1.29, 1.82) is 0 Å². The first-order chi connectivity index (χ1) is 9.72. The zero-order valence-corrected chi connectivity index (χ0v) is 12.2. The van der Waals surface area contributed by atoms with Crippen LogP contribution in [0, 0.1) is 13.8 Å². The molecular weight excluding hydrogens is 270 g/mol. The maximum absolute atomic E-state index is 4.38. The number of hydrogen-bond acceptors (Lipinski definition) is 5. The van der Waals surface area contributed by atoms with E-state index in [-0.39, 0.29) is 0 Å². The summed E-state index contributed by atoms with van der Waals surface area (Å²) in [6.07, 6.45) is 1.91. The molecule has 3 aromatic rings. The van der Waals surface area contributed by atoms with Crippen molar-refractivity contribution in [3.63, 3.8) is 0 Å². The molecule has 0 saturated carbocycles. The van der Waals surface area contributed by atoms with Gasteiger partial charge in [-0.05, 0) is 26.0 Å². The van der Waals surface area contributed by atoms with E-state index < -0.39 is 0 Å². The lowest BCUT2D eigenvalue weighted by atomic mass is 10.1. The van der Waals surface area contributed by atoms with E-state index >= 15 is 0 Å². The normalized spacial score (nSPS) is 10.7. The number of nitrogens with one attached hydrogen (secondary N) is 2.